The van der Waals surface area contributed by atoms with Crippen molar-refractivity contribution < 1.29 is 9.53 Å². The summed E-state index contributed by atoms with van der Waals surface area (Å²) in [5.74, 6) is 0.385. The molecule has 2 aromatic carbocycles. The van der Waals surface area contributed by atoms with Crippen LogP contribution in [0.2, 0.25) is 10.0 Å². The first-order valence-electron chi connectivity index (χ1n) is 7.29. The lowest BCUT2D eigenvalue weighted by molar-refractivity contribution is -0.122. The van der Waals surface area contributed by atoms with E-state index in [0.717, 1.165) is 16.7 Å². The van der Waals surface area contributed by atoms with E-state index in [1.165, 1.54) is 0 Å². The Morgan fingerprint density at radius 1 is 1.13 bits per heavy atom. The van der Waals surface area contributed by atoms with Gasteiger partial charge in [-0.3, -0.25) is 4.79 Å². The molecule has 122 valence electrons. The van der Waals surface area contributed by atoms with E-state index in [-0.39, 0.29) is 5.91 Å². The molecule has 3 nitrogen and oxygen atoms in total. The summed E-state index contributed by atoms with van der Waals surface area (Å²) in [5, 5.41) is 4.16. The van der Waals surface area contributed by atoms with Gasteiger partial charge in [0.2, 0.25) is 0 Å². The van der Waals surface area contributed by atoms with Crippen molar-refractivity contribution in [2.45, 2.75) is 33.8 Å². The van der Waals surface area contributed by atoms with Crippen molar-refractivity contribution in [2.75, 3.05) is 5.32 Å². The molecule has 0 aliphatic carbocycles. The van der Waals surface area contributed by atoms with Gasteiger partial charge in [-0.1, -0.05) is 29.3 Å². The molecule has 0 aliphatic rings. The summed E-state index contributed by atoms with van der Waals surface area (Å²) in [7, 11) is 0. The predicted octanol–water partition coefficient (Wildman–Crippen LogP) is 5.32. The number of ether oxygens (including phenoxy) is 1. The van der Waals surface area contributed by atoms with Crippen LogP contribution in [0.25, 0.3) is 0 Å². The van der Waals surface area contributed by atoms with Crippen molar-refractivity contribution in [1.82, 2.24) is 0 Å². The molecule has 0 saturated carbocycles. The lowest BCUT2D eigenvalue weighted by Gasteiger charge is -2.17. The Kier molecular flexibility index (Phi) is 5.55. The van der Waals surface area contributed by atoms with E-state index in [0.29, 0.717) is 21.5 Å². The minimum atomic E-state index is -0.645. The summed E-state index contributed by atoms with van der Waals surface area (Å²) < 4.78 is 5.73. The number of benzene rings is 2. The number of carbonyl (C=O) groups is 1. The van der Waals surface area contributed by atoms with E-state index in [9.17, 15) is 4.79 Å². The molecule has 0 spiro atoms. The van der Waals surface area contributed by atoms with Crippen LogP contribution in [0.4, 0.5) is 5.69 Å². The molecular weight excluding hydrogens is 333 g/mol. The summed E-state index contributed by atoms with van der Waals surface area (Å²) in [4.78, 5) is 12.3. The molecule has 1 N–H and O–H groups in total. The third-order valence-corrected chi connectivity index (χ3v) is 4.62. The molecule has 0 bridgehead atoms. The van der Waals surface area contributed by atoms with Gasteiger partial charge in [0.25, 0.3) is 5.91 Å². The van der Waals surface area contributed by atoms with Crippen molar-refractivity contribution in [3.63, 3.8) is 0 Å². The number of carbonyl (C=O) groups excluding carboxylic acids is 1. The van der Waals surface area contributed by atoms with Gasteiger partial charge in [0.05, 0.1) is 0 Å². The Morgan fingerprint density at radius 3 is 2.35 bits per heavy atom. The normalized spacial score (nSPS) is 11.9. The maximum Gasteiger partial charge on any atom is 0.265 e. The van der Waals surface area contributed by atoms with Crippen LogP contribution >= 0.6 is 23.2 Å². The summed E-state index contributed by atoms with van der Waals surface area (Å²) in [5.41, 5.74) is 3.34. The van der Waals surface area contributed by atoms with Crippen molar-refractivity contribution in [3.8, 4) is 5.75 Å². The average Bonchev–Trinajstić information content (AvgIpc) is 2.49. The second-order valence-electron chi connectivity index (χ2n) is 5.53. The van der Waals surface area contributed by atoms with E-state index in [4.69, 9.17) is 27.9 Å². The maximum atomic E-state index is 12.3. The van der Waals surface area contributed by atoms with Crippen LogP contribution < -0.4 is 10.1 Å². The topological polar surface area (TPSA) is 38.3 Å². The number of hydrogen-bond donors (Lipinski definition) is 1. The number of rotatable bonds is 4. The molecule has 2 rings (SSSR count). The van der Waals surface area contributed by atoms with Gasteiger partial charge < -0.3 is 10.1 Å². The number of hydrogen-bond acceptors (Lipinski definition) is 2. The van der Waals surface area contributed by atoms with Gasteiger partial charge in [0.15, 0.2) is 6.10 Å². The van der Waals surface area contributed by atoms with E-state index in [2.05, 4.69) is 5.32 Å². The quantitative estimate of drug-likeness (QED) is 0.808. The second-order valence-corrected chi connectivity index (χ2v) is 6.32. The molecule has 0 saturated heterocycles. The predicted molar refractivity (Wildman–Crippen MR) is 95.8 cm³/mol. The van der Waals surface area contributed by atoms with Crippen LogP contribution in [0.3, 0.4) is 0 Å². The molecule has 2 aromatic rings. The molecule has 0 fully saturated rings. The molecule has 0 radical (unpaired) electrons. The fourth-order valence-electron chi connectivity index (χ4n) is 2.21. The Morgan fingerprint density at radius 2 is 1.74 bits per heavy atom. The third-order valence-electron chi connectivity index (χ3n) is 3.62. The molecule has 1 atom stereocenters. The molecule has 5 heteroatoms. The lowest BCUT2D eigenvalue weighted by Crippen LogP contribution is -2.30. The zero-order chi connectivity index (χ0) is 17.1. The summed E-state index contributed by atoms with van der Waals surface area (Å²) in [6, 6.07) is 9.03. The smallest absolute Gasteiger partial charge is 0.265 e. The highest BCUT2D eigenvalue weighted by Gasteiger charge is 2.17. The van der Waals surface area contributed by atoms with Crippen LogP contribution in [-0.4, -0.2) is 12.0 Å². The van der Waals surface area contributed by atoms with Gasteiger partial charge >= 0.3 is 0 Å². The molecular formula is C18H19Cl2NO2. The minimum Gasteiger partial charge on any atom is -0.481 e. The maximum absolute atomic E-state index is 12.3. The van der Waals surface area contributed by atoms with Crippen molar-refractivity contribution >= 4 is 34.8 Å². The molecule has 0 aromatic heterocycles. The standard InChI is InChI=1S/C18H19Cl2NO2/c1-10-8-14(9-11(2)17(10)20)23-13(4)18(22)21-16-7-5-6-15(19)12(16)3/h5-9,13H,1-4H3,(H,21,22)/t13-/m0/s1. The minimum absolute atomic E-state index is 0.236. The summed E-state index contributed by atoms with van der Waals surface area (Å²) in [6.07, 6.45) is -0.645. The SMILES string of the molecule is Cc1cc(O[C@@H](C)C(=O)Nc2cccc(Cl)c2C)cc(C)c1Cl. The molecule has 0 heterocycles. The fourth-order valence-corrected chi connectivity index (χ4v) is 2.49. The van der Waals surface area contributed by atoms with Crippen molar-refractivity contribution in [1.29, 1.82) is 0 Å². The highest BCUT2D eigenvalue weighted by molar-refractivity contribution is 6.32. The largest absolute Gasteiger partial charge is 0.481 e. The van der Waals surface area contributed by atoms with Crippen LogP contribution in [0, 0.1) is 20.8 Å². The van der Waals surface area contributed by atoms with Crippen LogP contribution in [0.15, 0.2) is 30.3 Å². The summed E-state index contributed by atoms with van der Waals surface area (Å²) >= 11 is 12.2. The number of nitrogens with one attached hydrogen (secondary N) is 1. The molecule has 0 aliphatic heterocycles. The highest BCUT2D eigenvalue weighted by atomic mass is 35.5. The van der Waals surface area contributed by atoms with Gasteiger partial charge in [0, 0.05) is 15.7 Å². The number of halogens is 2. The number of aryl methyl sites for hydroxylation is 2. The Hall–Kier alpha value is -1.71. The Labute approximate surface area is 146 Å². The first-order valence-corrected chi connectivity index (χ1v) is 8.04. The Balaban J connectivity index is 2.10. The average molecular weight is 352 g/mol. The van der Waals surface area contributed by atoms with Gasteiger partial charge in [0.1, 0.15) is 5.75 Å². The van der Waals surface area contributed by atoms with E-state index >= 15 is 0 Å². The van der Waals surface area contributed by atoms with E-state index in [1.54, 1.807) is 19.1 Å². The van der Waals surface area contributed by atoms with E-state index < -0.39 is 6.10 Å². The highest BCUT2D eigenvalue weighted by Crippen LogP contribution is 2.27. The lowest BCUT2D eigenvalue weighted by atomic mass is 10.1. The van der Waals surface area contributed by atoms with Crippen molar-refractivity contribution in [3.05, 3.63) is 57.1 Å². The summed E-state index contributed by atoms with van der Waals surface area (Å²) in [6.45, 7) is 7.37. The zero-order valence-electron chi connectivity index (χ0n) is 13.5. The van der Waals surface area contributed by atoms with E-state index in [1.807, 2.05) is 39.0 Å². The van der Waals surface area contributed by atoms with Crippen LogP contribution in [0.5, 0.6) is 5.75 Å². The second kappa shape index (κ2) is 7.24. The van der Waals surface area contributed by atoms with Gasteiger partial charge in [-0.2, -0.15) is 0 Å². The molecule has 23 heavy (non-hydrogen) atoms. The molecule has 1 amide bonds. The fraction of sp³-hybridized carbons (Fsp3) is 0.278. The first-order chi connectivity index (χ1) is 10.8. The number of amides is 1. The van der Waals surface area contributed by atoms with Crippen molar-refractivity contribution in [2.24, 2.45) is 0 Å². The third kappa shape index (κ3) is 4.18. The monoisotopic (exact) mass is 351 g/mol. The zero-order valence-corrected chi connectivity index (χ0v) is 15.0. The Bertz CT molecular complexity index is 721. The molecule has 0 unspecified atom stereocenters. The number of anilines is 1. The van der Waals surface area contributed by atoms with Gasteiger partial charge in [-0.05, 0) is 68.7 Å². The van der Waals surface area contributed by atoms with Crippen LogP contribution in [0.1, 0.15) is 23.6 Å². The first kappa shape index (κ1) is 17.6. The van der Waals surface area contributed by atoms with Gasteiger partial charge in [-0.15, -0.1) is 0 Å². The van der Waals surface area contributed by atoms with Crippen LogP contribution in [-0.2, 0) is 4.79 Å². The van der Waals surface area contributed by atoms with Gasteiger partial charge in [-0.25, -0.2) is 0 Å².